The molecule has 106 valence electrons. The van der Waals surface area contributed by atoms with Gasteiger partial charge >= 0.3 is 0 Å². The van der Waals surface area contributed by atoms with Crippen molar-refractivity contribution in [1.29, 1.82) is 0 Å². The minimum atomic E-state index is -0.233. The number of amides is 1. The van der Waals surface area contributed by atoms with Crippen LogP contribution >= 0.6 is 15.9 Å². The predicted octanol–water partition coefficient (Wildman–Crippen LogP) is 5.06. The molecule has 0 radical (unpaired) electrons. The summed E-state index contributed by atoms with van der Waals surface area (Å²) in [6.45, 7) is 3.93. The summed E-state index contributed by atoms with van der Waals surface area (Å²) < 4.78 is 6.66. The molecule has 21 heavy (non-hydrogen) atoms. The van der Waals surface area contributed by atoms with Crippen molar-refractivity contribution in [3.05, 3.63) is 63.8 Å². The molecule has 0 aliphatic heterocycles. The molecule has 0 saturated carbocycles. The molecule has 0 unspecified atom stereocenters. The highest BCUT2D eigenvalue weighted by Crippen LogP contribution is 2.27. The van der Waals surface area contributed by atoms with Gasteiger partial charge < -0.3 is 9.73 Å². The number of fused-ring (bicyclic) bond motifs is 1. The molecule has 3 rings (SSSR count). The lowest BCUT2D eigenvalue weighted by Crippen LogP contribution is -2.11. The van der Waals surface area contributed by atoms with Gasteiger partial charge in [-0.3, -0.25) is 4.79 Å². The average Bonchev–Trinajstić information content (AvgIpc) is 2.79. The highest BCUT2D eigenvalue weighted by molar-refractivity contribution is 9.10. The number of rotatable bonds is 2. The van der Waals surface area contributed by atoms with E-state index in [1.807, 2.05) is 56.3 Å². The molecule has 0 saturated heterocycles. The monoisotopic (exact) mass is 343 g/mol. The second kappa shape index (κ2) is 5.37. The van der Waals surface area contributed by atoms with Gasteiger partial charge in [-0.25, -0.2) is 0 Å². The molecule has 0 aliphatic carbocycles. The average molecular weight is 344 g/mol. The van der Waals surface area contributed by atoms with E-state index in [1.54, 1.807) is 0 Å². The zero-order chi connectivity index (χ0) is 15.0. The Kier molecular flexibility index (Phi) is 3.55. The predicted molar refractivity (Wildman–Crippen MR) is 87.8 cm³/mol. The SMILES string of the molecule is Cc1ccc2oc(C(=O)Nc3ccc(Br)cc3)c(C)c2c1. The Bertz CT molecular complexity index is 819. The van der Waals surface area contributed by atoms with Gasteiger partial charge in [-0.15, -0.1) is 0 Å². The van der Waals surface area contributed by atoms with E-state index in [2.05, 4.69) is 21.2 Å². The van der Waals surface area contributed by atoms with Crippen molar-refractivity contribution in [2.24, 2.45) is 0 Å². The van der Waals surface area contributed by atoms with Crippen LogP contribution in [-0.2, 0) is 0 Å². The van der Waals surface area contributed by atoms with Crippen molar-refractivity contribution in [3.63, 3.8) is 0 Å². The van der Waals surface area contributed by atoms with Crippen molar-refractivity contribution in [1.82, 2.24) is 0 Å². The molecular formula is C17H14BrNO2. The first-order chi connectivity index (χ1) is 10.0. The summed E-state index contributed by atoms with van der Waals surface area (Å²) in [6.07, 6.45) is 0. The standard InChI is InChI=1S/C17H14BrNO2/c1-10-3-8-15-14(9-10)11(2)16(21-15)17(20)19-13-6-4-12(18)5-7-13/h3-9H,1-2H3,(H,19,20). The molecular weight excluding hydrogens is 330 g/mol. The third-order valence-corrected chi connectivity index (χ3v) is 3.93. The van der Waals surface area contributed by atoms with Gasteiger partial charge in [0.05, 0.1) is 0 Å². The zero-order valence-electron chi connectivity index (χ0n) is 11.7. The number of hydrogen-bond donors (Lipinski definition) is 1. The maximum atomic E-state index is 12.4. The molecule has 0 bridgehead atoms. The fraction of sp³-hybridized carbons (Fsp3) is 0.118. The largest absolute Gasteiger partial charge is 0.451 e. The fourth-order valence-corrected chi connectivity index (χ4v) is 2.54. The number of carbonyl (C=O) groups is 1. The van der Waals surface area contributed by atoms with Crippen molar-refractivity contribution < 1.29 is 9.21 Å². The van der Waals surface area contributed by atoms with Crippen LogP contribution in [-0.4, -0.2) is 5.91 Å². The number of nitrogens with one attached hydrogen (secondary N) is 1. The Morgan fingerprint density at radius 3 is 2.52 bits per heavy atom. The molecule has 4 heteroatoms. The number of anilines is 1. The van der Waals surface area contributed by atoms with Crippen molar-refractivity contribution in [2.45, 2.75) is 13.8 Å². The Labute approximate surface area is 131 Å². The van der Waals surface area contributed by atoms with Crippen LogP contribution in [0.3, 0.4) is 0 Å². The summed E-state index contributed by atoms with van der Waals surface area (Å²) >= 11 is 3.37. The van der Waals surface area contributed by atoms with Crippen molar-refractivity contribution >= 4 is 38.5 Å². The van der Waals surface area contributed by atoms with Gasteiger partial charge in [0.2, 0.25) is 0 Å². The van der Waals surface area contributed by atoms with Gasteiger partial charge in [-0.2, -0.15) is 0 Å². The third-order valence-electron chi connectivity index (χ3n) is 3.40. The molecule has 1 heterocycles. The highest BCUT2D eigenvalue weighted by Gasteiger charge is 2.17. The molecule has 0 atom stereocenters. The van der Waals surface area contributed by atoms with E-state index in [9.17, 15) is 4.79 Å². The first kappa shape index (κ1) is 13.9. The molecule has 3 aromatic rings. The van der Waals surface area contributed by atoms with E-state index in [4.69, 9.17) is 4.42 Å². The van der Waals surface area contributed by atoms with Crippen LogP contribution in [0.2, 0.25) is 0 Å². The summed E-state index contributed by atoms with van der Waals surface area (Å²) in [5, 5.41) is 3.83. The van der Waals surface area contributed by atoms with Crippen LogP contribution in [0.5, 0.6) is 0 Å². The molecule has 0 fully saturated rings. The molecule has 1 amide bonds. The molecule has 2 aromatic carbocycles. The Balaban J connectivity index is 1.94. The van der Waals surface area contributed by atoms with Gasteiger partial charge in [0, 0.05) is 21.1 Å². The number of furan rings is 1. The van der Waals surface area contributed by atoms with Crippen LogP contribution in [0.15, 0.2) is 51.4 Å². The summed E-state index contributed by atoms with van der Waals surface area (Å²) in [4.78, 5) is 12.4. The minimum Gasteiger partial charge on any atom is -0.451 e. The molecule has 0 aliphatic rings. The van der Waals surface area contributed by atoms with Gasteiger partial charge in [-0.05, 0) is 50.2 Å². The lowest BCUT2D eigenvalue weighted by atomic mass is 10.1. The maximum absolute atomic E-state index is 12.4. The van der Waals surface area contributed by atoms with E-state index in [0.717, 1.165) is 32.3 Å². The number of carbonyl (C=O) groups excluding carboxylic acids is 1. The number of hydrogen-bond acceptors (Lipinski definition) is 2. The van der Waals surface area contributed by atoms with Gasteiger partial charge in [0.1, 0.15) is 5.58 Å². The van der Waals surface area contributed by atoms with Gasteiger partial charge in [0.25, 0.3) is 5.91 Å². The normalized spacial score (nSPS) is 10.8. The van der Waals surface area contributed by atoms with Crippen LogP contribution in [0.1, 0.15) is 21.7 Å². The first-order valence-electron chi connectivity index (χ1n) is 6.61. The third kappa shape index (κ3) is 2.72. The van der Waals surface area contributed by atoms with E-state index in [0.29, 0.717) is 5.76 Å². The molecule has 3 nitrogen and oxygen atoms in total. The number of halogens is 1. The van der Waals surface area contributed by atoms with E-state index < -0.39 is 0 Å². The quantitative estimate of drug-likeness (QED) is 0.706. The van der Waals surface area contributed by atoms with E-state index >= 15 is 0 Å². The van der Waals surface area contributed by atoms with Crippen LogP contribution in [0, 0.1) is 13.8 Å². The number of benzene rings is 2. The van der Waals surface area contributed by atoms with Crippen LogP contribution < -0.4 is 5.32 Å². The lowest BCUT2D eigenvalue weighted by Gasteiger charge is -2.03. The van der Waals surface area contributed by atoms with Gasteiger partial charge in [0.15, 0.2) is 5.76 Å². The second-order valence-corrected chi connectivity index (χ2v) is 5.93. The van der Waals surface area contributed by atoms with Crippen LogP contribution in [0.4, 0.5) is 5.69 Å². The fourth-order valence-electron chi connectivity index (χ4n) is 2.27. The molecule has 1 N–H and O–H groups in total. The summed E-state index contributed by atoms with van der Waals surface area (Å²) in [7, 11) is 0. The molecule has 1 aromatic heterocycles. The lowest BCUT2D eigenvalue weighted by molar-refractivity contribution is 0.0998. The molecule has 0 spiro atoms. The van der Waals surface area contributed by atoms with E-state index in [1.165, 1.54) is 0 Å². The van der Waals surface area contributed by atoms with Crippen LogP contribution in [0.25, 0.3) is 11.0 Å². The van der Waals surface area contributed by atoms with Crippen molar-refractivity contribution in [2.75, 3.05) is 5.32 Å². The highest BCUT2D eigenvalue weighted by atomic mass is 79.9. The second-order valence-electron chi connectivity index (χ2n) is 5.02. The van der Waals surface area contributed by atoms with Crippen molar-refractivity contribution in [3.8, 4) is 0 Å². The first-order valence-corrected chi connectivity index (χ1v) is 7.40. The van der Waals surface area contributed by atoms with E-state index in [-0.39, 0.29) is 5.91 Å². The van der Waals surface area contributed by atoms with Gasteiger partial charge in [-0.1, -0.05) is 27.6 Å². The zero-order valence-corrected chi connectivity index (χ0v) is 13.3. The topological polar surface area (TPSA) is 42.2 Å². The number of aryl methyl sites for hydroxylation is 2. The Hall–Kier alpha value is -2.07. The smallest absolute Gasteiger partial charge is 0.291 e. The minimum absolute atomic E-state index is 0.233. The summed E-state index contributed by atoms with van der Waals surface area (Å²) in [5.74, 6) is 0.127. The Morgan fingerprint density at radius 2 is 1.81 bits per heavy atom. The Morgan fingerprint density at radius 1 is 1.10 bits per heavy atom. The summed E-state index contributed by atoms with van der Waals surface area (Å²) in [6, 6.07) is 13.3. The summed E-state index contributed by atoms with van der Waals surface area (Å²) in [5.41, 5.74) is 3.48. The maximum Gasteiger partial charge on any atom is 0.291 e.